The lowest BCUT2D eigenvalue weighted by atomic mass is 10.2. The van der Waals surface area contributed by atoms with Crippen LogP contribution in [-0.4, -0.2) is 29.3 Å². The summed E-state index contributed by atoms with van der Waals surface area (Å²) < 4.78 is 0. The fourth-order valence-electron chi connectivity index (χ4n) is 1.27. The molecule has 0 saturated heterocycles. The Morgan fingerprint density at radius 3 is 3.00 bits per heavy atom. The van der Waals surface area contributed by atoms with Gasteiger partial charge in [-0.15, -0.1) is 0 Å². The van der Waals surface area contributed by atoms with Crippen LogP contribution in [0.3, 0.4) is 0 Å². The van der Waals surface area contributed by atoms with Gasteiger partial charge in [-0.25, -0.2) is 0 Å². The lowest BCUT2D eigenvalue weighted by Crippen LogP contribution is -2.25. The SMILES string of the molecule is CN(CC(=O)CC#N)Cc1ccccn1. The number of aromatic nitrogens is 1. The van der Waals surface area contributed by atoms with Crippen molar-refractivity contribution in [3.05, 3.63) is 30.1 Å². The molecular formula is C11H13N3O. The van der Waals surface area contributed by atoms with Crippen LogP contribution in [0.1, 0.15) is 12.1 Å². The van der Waals surface area contributed by atoms with Crippen molar-refractivity contribution in [2.24, 2.45) is 0 Å². The second kappa shape index (κ2) is 5.89. The number of rotatable bonds is 5. The van der Waals surface area contributed by atoms with E-state index in [0.717, 1.165) is 5.69 Å². The first-order valence-electron chi connectivity index (χ1n) is 4.69. The third kappa shape index (κ3) is 4.34. The van der Waals surface area contributed by atoms with Crippen molar-refractivity contribution < 1.29 is 4.79 Å². The quantitative estimate of drug-likeness (QED) is 0.716. The number of hydrogen-bond acceptors (Lipinski definition) is 4. The smallest absolute Gasteiger partial charge is 0.160 e. The predicted octanol–water partition coefficient (Wildman–Crippen LogP) is 0.996. The molecule has 0 radical (unpaired) electrons. The second-order valence-corrected chi connectivity index (χ2v) is 3.37. The van der Waals surface area contributed by atoms with Crippen molar-refractivity contribution in [2.45, 2.75) is 13.0 Å². The van der Waals surface area contributed by atoms with E-state index in [4.69, 9.17) is 5.26 Å². The van der Waals surface area contributed by atoms with Crippen molar-refractivity contribution in [2.75, 3.05) is 13.6 Å². The summed E-state index contributed by atoms with van der Waals surface area (Å²) in [4.78, 5) is 17.2. The summed E-state index contributed by atoms with van der Waals surface area (Å²) >= 11 is 0. The molecule has 1 rings (SSSR count). The first kappa shape index (κ1) is 11.3. The Bertz CT molecular complexity index is 356. The summed E-state index contributed by atoms with van der Waals surface area (Å²) in [6.45, 7) is 0.919. The number of Topliss-reactive ketones (excluding diaryl/α,β-unsaturated/α-hetero) is 1. The molecule has 4 nitrogen and oxygen atoms in total. The number of carbonyl (C=O) groups is 1. The molecule has 0 unspecified atom stereocenters. The van der Waals surface area contributed by atoms with Gasteiger partial charge in [-0.2, -0.15) is 5.26 Å². The maximum atomic E-state index is 11.2. The largest absolute Gasteiger partial charge is 0.297 e. The number of pyridine rings is 1. The van der Waals surface area contributed by atoms with Crippen LogP contribution in [0.4, 0.5) is 0 Å². The molecule has 0 fully saturated rings. The topological polar surface area (TPSA) is 57.0 Å². The third-order valence-electron chi connectivity index (χ3n) is 1.88. The number of nitriles is 1. The van der Waals surface area contributed by atoms with E-state index in [1.807, 2.05) is 36.2 Å². The maximum Gasteiger partial charge on any atom is 0.160 e. The fourth-order valence-corrected chi connectivity index (χ4v) is 1.27. The molecule has 0 bridgehead atoms. The van der Waals surface area contributed by atoms with Gasteiger partial charge in [0, 0.05) is 12.7 Å². The number of likely N-dealkylation sites (N-methyl/N-ethyl adjacent to an activating group) is 1. The van der Waals surface area contributed by atoms with Gasteiger partial charge in [-0.3, -0.25) is 14.7 Å². The summed E-state index contributed by atoms with van der Waals surface area (Å²) in [7, 11) is 1.84. The van der Waals surface area contributed by atoms with Gasteiger partial charge in [-0.1, -0.05) is 6.07 Å². The number of carbonyl (C=O) groups excluding carboxylic acids is 1. The molecule has 4 heteroatoms. The van der Waals surface area contributed by atoms with Crippen molar-refractivity contribution >= 4 is 5.78 Å². The number of nitrogens with zero attached hydrogens (tertiary/aromatic N) is 3. The molecular weight excluding hydrogens is 190 g/mol. The van der Waals surface area contributed by atoms with E-state index in [1.165, 1.54) is 0 Å². The van der Waals surface area contributed by atoms with Crippen LogP contribution < -0.4 is 0 Å². The highest BCUT2D eigenvalue weighted by Gasteiger charge is 2.06. The molecule has 0 aliphatic carbocycles. The van der Waals surface area contributed by atoms with E-state index in [2.05, 4.69) is 4.98 Å². The Kier molecular flexibility index (Phi) is 4.45. The van der Waals surface area contributed by atoms with E-state index in [9.17, 15) is 4.79 Å². The van der Waals surface area contributed by atoms with Gasteiger partial charge in [0.1, 0.15) is 0 Å². The average Bonchev–Trinajstić information content (AvgIpc) is 2.19. The highest BCUT2D eigenvalue weighted by atomic mass is 16.1. The molecule has 1 heterocycles. The van der Waals surface area contributed by atoms with Gasteiger partial charge in [0.15, 0.2) is 5.78 Å². The number of ketones is 1. The van der Waals surface area contributed by atoms with Crippen molar-refractivity contribution in [3.8, 4) is 6.07 Å². The zero-order chi connectivity index (χ0) is 11.1. The number of hydrogen-bond donors (Lipinski definition) is 0. The lowest BCUT2D eigenvalue weighted by molar-refractivity contribution is -0.119. The minimum absolute atomic E-state index is 0.0213. The van der Waals surface area contributed by atoms with Gasteiger partial charge in [0.25, 0.3) is 0 Å². The normalized spacial score (nSPS) is 9.93. The molecule has 1 aromatic rings. The zero-order valence-electron chi connectivity index (χ0n) is 8.68. The van der Waals surface area contributed by atoms with Crippen LogP contribution in [0.2, 0.25) is 0 Å². The second-order valence-electron chi connectivity index (χ2n) is 3.37. The molecule has 78 valence electrons. The Hall–Kier alpha value is -1.73. The van der Waals surface area contributed by atoms with Crippen molar-refractivity contribution in [3.63, 3.8) is 0 Å². The summed E-state index contributed by atoms with van der Waals surface area (Å²) in [5.41, 5.74) is 0.921. The lowest BCUT2D eigenvalue weighted by Gasteiger charge is -2.13. The van der Waals surface area contributed by atoms with Crippen LogP contribution in [0.15, 0.2) is 24.4 Å². The molecule has 0 amide bonds. The summed E-state index contributed by atoms with van der Waals surface area (Å²) in [6, 6.07) is 7.51. The van der Waals surface area contributed by atoms with Crippen LogP contribution in [0.5, 0.6) is 0 Å². The zero-order valence-corrected chi connectivity index (χ0v) is 8.68. The van der Waals surface area contributed by atoms with Crippen LogP contribution in [0, 0.1) is 11.3 Å². The average molecular weight is 203 g/mol. The van der Waals surface area contributed by atoms with Gasteiger partial charge < -0.3 is 0 Å². The molecule has 1 aromatic heterocycles. The third-order valence-corrected chi connectivity index (χ3v) is 1.88. The first-order chi connectivity index (χ1) is 7.22. The highest BCUT2D eigenvalue weighted by molar-refractivity contribution is 5.82. The van der Waals surface area contributed by atoms with E-state index in [1.54, 1.807) is 6.20 Å². The minimum atomic E-state index is -0.0593. The Morgan fingerprint density at radius 2 is 2.40 bits per heavy atom. The molecule has 0 spiro atoms. The van der Waals surface area contributed by atoms with E-state index < -0.39 is 0 Å². The first-order valence-corrected chi connectivity index (χ1v) is 4.69. The van der Waals surface area contributed by atoms with E-state index >= 15 is 0 Å². The highest BCUT2D eigenvalue weighted by Crippen LogP contribution is 1.98. The molecule has 0 atom stereocenters. The van der Waals surface area contributed by atoms with E-state index in [-0.39, 0.29) is 12.2 Å². The Balaban J connectivity index is 2.40. The molecule has 0 aromatic carbocycles. The standard InChI is InChI=1S/C11H13N3O/c1-14(9-11(15)5-6-12)8-10-4-2-3-7-13-10/h2-4,7H,5,8-9H2,1H3. The summed E-state index contributed by atoms with van der Waals surface area (Å²) in [5, 5.41) is 8.34. The Labute approximate surface area is 89.2 Å². The predicted molar refractivity (Wildman–Crippen MR) is 55.8 cm³/mol. The van der Waals surface area contributed by atoms with Gasteiger partial charge in [0.2, 0.25) is 0 Å². The summed E-state index contributed by atoms with van der Waals surface area (Å²) in [5.74, 6) is -0.0593. The molecule has 15 heavy (non-hydrogen) atoms. The molecule has 0 saturated carbocycles. The monoisotopic (exact) mass is 203 g/mol. The van der Waals surface area contributed by atoms with Crippen LogP contribution >= 0.6 is 0 Å². The fraction of sp³-hybridized carbons (Fsp3) is 0.364. The maximum absolute atomic E-state index is 11.2. The van der Waals surface area contributed by atoms with Gasteiger partial charge in [-0.05, 0) is 19.2 Å². The van der Waals surface area contributed by atoms with E-state index in [0.29, 0.717) is 13.1 Å². The van der Waals surface area contributed by atoms with Gasteiger partial charge >= 0.3 is 0 Å². The minimum Gasteiger partial charge on any atom is -0.297 e. The molecule has 0 N–H and O–H groups in total. The molecule has 0 aliphatic rings. The van der Waals surface area contributed by atoms with Crippen LogP contribution in [-0.2, 0) is 11.3 Å². The van der Waals surface area contributed by atoms with Crippen molar-refractivity contribution in [1.82, 2.24) is 9.88 Å². The van der Waals surface area contributed by atoms with Crippen molar-refractivity contribution in [1.29, 1.82) is 5.26 Å². The van der Waals surface area contributed by atoms with Gasteiger partial charge in [0.05, 0.1) is 24.7 Å². The Morgan fingerprint density at radius 1 is 1.60 bits per heavy atom. The van der Waals surface area contributed by atoms with Crippen LogP contribution in [0.25, 0.3) is 0 Å². The summed E-state index contributed by atoms with van der Waals surface area (Å²) in [6.07, 6.45) is 1.70. The molecule has 0 aliphatic heterocycles.